The summed E-state index contributed by atoms with van der Waals surface area (Å²) in [5, 5.41) is 9.62. The highest BCUT2D eigenvalue weighted by molar-refractivity contribution is 6.08. The van der Waals surface area contributed by atoms with Crippen LogP contribution in [-0.4, -0.2) is 25.1 Å². The van der Waals surface area contributed by atoms with Crippen molar-refractivity contribution in [3.8, 4) is 17.2 Å². The first-order valence-electron chi connectivity index (χ1n) is 6.48. The number of rotatable bonds is 5. The van der Waals surface area contributed by atoms with Gasteiger partial charge in [0.1, 0.15) is 23.1 Å². The fourth-order valence-corrected chi connectivity index (χ4v) is 1.93. The minimum atomic E-state index is -0.589. The molecule has 2 rings (SSSR count). The number of methoxy groups -OCH3 is 2. The van der Waals surface area contributed by atoms with Gasteiger partial charge in [0.25, 0.3) is 0 Å². The molecule has 0 bridgehead atoms. The molecule has 2 aromatic rings. The average Bonchev–Trinajstić information content (AvgIpc) is 2.54. The number of phenols is 1. The van der Waals surface area contributed by atoms with Crippen LogP contribution in [0.25, 0.3) is 6.08 Å². The molecule has 0 atom stereocenters. The number of carbonyl (C=O) groups is 1. The molecular formula is C17H15FO4. The molecule has 5 heteroatoms. The van der Waals surface area contributed by atoms with Gasteiger partial charge in [-0.25, -0.2) is 4.39 Å². The van der Waals surface area contributed by atoms with Crippen LogP contribution in [0.2, 0.25) is 0 Å². The van der Waals surface area contributed by atoms with Gasteiger partial charge in [0.05, 0.1) is 19.8 Å². The second-order valence-electron chi connectivity index (χ2n) is 4.47. The maximum atomic E-state index is 13.2. The molecule has 4 nitrogen and oxygen atoms in total. The molecule has 0 spiro atoms. The van der Waals surface area contributed by atoms with Gasteiger partial charge in [-0.05, 0) is 48.6 Å². The number of benzene rings is 2. The topological polar surface area (TPSA) is 55.8 Å². The Kier molecular flexibility index (Phi) is 4.78. The molecule has 22 heavy (non-hydrogen) atoms. The predicted molar refractivity (Wildman–Crippen MR) is 81.0 cm³/mol. The Morgan fingerprint density at radius 3 is 2.59 bits per heavy atom. The van der Waals surface area contributed by atoms with Crippen molar-refractivity contribution in [1.29, 1.82) is 0 Å². The minimum Gasteiger partial charge on any atom is -0.507 e. The van der Waals surface area contributed by atoms with Crippen LogP contribution in [0, 0.1) is 5.82 Å². The molecular weight excluding hydrogens is 287 g/mol. The van der Waals surface area contributed by atoms with E-state index in [2.05, 4.69) is 0 Å². The van der Waals surface area contributed by atoms with Gasteiger partial charge in [0.15, 0.2) is 5.78 Å². The summed E-state index contributed by atoms with van der Waals surface area (Å²) in [6, 6.07) is 8.36. The van der Waals surface area contributed by atoms with E-state index in [1.807, 2.05) is 0 Å². The maximum absolute atomic E-state index is 13.2. The highest BCUT2D eigenvalue weighted by atomic mass is 19.1. The van der Waals surface area contributed by atoms with Crippen LogP contribution in [0.1, 0.15) is 15.9 Å². The lowest BCUT2D eigenvalue weighted by Gasteiger charge is -2.07. The predicted octanol–water partition coefficient (Wildman–Crippen LogP) is 3.44. The number of phenolic OH excluding ortho intramolecular Hbond substituents is 1. The first-order chi connectivity index (χ1) is 10.5. The normalized spacial score (nSPS) is 10.7. The molecule has 0 saturated carbocycles. The van der Waals surface area contributed by atoms with Crippen molar-refractivity contribution in [2.75, 3.05) is 14.2 Å². The van der Waals surface area contributed by atoms with Crippen LogP contribution in [-0.2, 0) is 0 Å². The quantitative estimate of drug-likeness (QED) is 0.679. The lowest BCUT2D eigenvalue weighted by atomic mass is 10.1. The first kappa shape index (κ1) is 15.6. The summed E-state index contributed by atoms with van der Waals surface area (Å²) in [4.78, 5) is 12.1. The molecule has 0 aliphatic heterocycles. The van der Waals surface area contributed by atoms with Crippen LogP contribution in [0.5, 0.6) is 17.2 Å². The molecule has 0 unspecified atom stereocenters. The van der Waals surface area contributed by atoms with Crippen molar-refractivity contribution in [2.24, 2.45) is 0 Å². The Balaban J connectivity index is 2.31. The highest BCUT2D eigenvalue weighted by Crippen LogP contribution is 2.26. The summed E-state index contributed by atoms with van der Waals surface area (Å²) < 4.78 is 23.5. The molecule has 0 radical (unpaired) electrons. The summed E-state index contributed by atoms with van der Waals surface area (Å²) in [7, 11) is 3.05. The van der Waals surface area contributed by atoms with E-state index >= 15 is 0 Å². The number of ether oxygens (including phenoxy) is 2. The Morgan fingerprint density at radius 2 is 1.91 bits per heavy atom. The van der Waals surface area contributed by atoms with Crippen molar-refractivity contribution >= 4 is 11.9 Å². The van der Waals surface area contributed by atoms with E-state index in [1.54, 1.807) is 18.2 Å². The van der Waals surface area contributed by atoms with Gasteiger partial charge in [-0.1, -0.05) is 0 Å². The second-order valence-corrected chi connectivity index (χ2v) is 4.47. The van der Waals surface area contributed by atoms with Gasteiger partial charge in [-0.2, -0.15) is 0 Å². The Morgan fingerprint density at radius 1 is 1.14 bits per heavy atom. The number of carbonyl (C=O) groups excluding carboxylic acids is 1. The van der Waals surface area contributed by atoms with Crippen LogP contribution in [0.3, 0.4) is 0 Å². The third-order valence-corrected chi connectivity index (χ3v) is 3.08. The molecule has 0 fully saturated rings. The van der Waals surface area contributed by atoms with Gasteiger partial charge in [0, 0.05) is 5.56 Å². The van der Waals surface area contributed by atoms with Crippen LogP contribution in [0.4, 0.5) is 4.39 Å². The molecule has 2 aromatic carbocycles. The standard InChI is InChI=1S/C17H15FO4/c1-21-13-5-8-17(22-2)11(9-13)3-6-15(19)14-10-12(18)4-7-16(14)20/h3-10,20H,1-2H3. The number of ketones is 1. The summed E-state index contributed by atoms with van der Waals surface area (Å²) >= 11 is 0. The van der Waals surface area contributed by atoms with Crippen molar-refractivity contribution in [1.82, 2.24) is 0 Å². The molecule has 114 valence electrons. The summed E-state index contributed by atoms with van der Waals surface area (Å²) in [5.74, 6) is -0.196. The zero-order valence-corrected chi connectivity index (χ0v) is 12.2. The lowest BCUT2D eigenvalue weighted by molar-refractivity contribution is 0.104. The maximum Gasteiger partial charge on any atom is 0.189 e. The Hall–Kier alpha value is -2.82. The molecule has 0 aromatic heterocycles. The Labute approximate surface area is 127 Å². The van der Waals surface area contributed by atoms with Crippen molar-refractivity contribution in [3.63, 3.8) is 0 Å². The minimum absolute atomic E-state index is 0.0990. The monoisotopic (exact) mass is 302 g/mol. The largest absolute Gasteiger partial charge is 0.507 e. The van der Waals surface area contributed by atoms with E-state index in [4.69, 9.17) is 9.47 Å². The van der Waals surface area contributed by atoms with Crippen molar-refractivity contribution in [3.05, 3.63) is 59.4 Å². The number of hydrogen-bond acceptors (Lipinski definition) is 4. The number of halogens is 1. The average molecular weight is 302 g/mol. The summed E-state index contributed by atoms with van der Waals surface area (Å²) in [6.45, 7) is 0. The van der Waals surface area contributed by atoms with E-state index in [0.29, 0.717) is 17.1 Å². The number of hydrogen-bond donors (Lipinski definition) is 1. The van der Waals surface area contributed by atoms with E-state index in [1.165, 1.54) is 26.4 Å². The van der Waals surface area contributed by atoms with Gasteiger partial charge in [-0.15, -0.1) is 0 Å². The molecule has 0 amide bonds. The van der Waals surface area contributed by atoms with Gasteiger partial charge in [-0.3, -0.25) is 4.79 Å². The van der Waals surface area contributed by atoms with Crippen LogP contribution < -0.4 is 9.47 Å². The molecule has 0 heterocycles. The van der Waals surface area contributed by atoms with Crippen molar-refractivity contribution in [2.45, 2.75) is 0 Å². The second kappa shape index (κ2) is 6.76. The third-order valence-electron chi connectivity index (χ3n) is 3.08. The highest BCUT2D eigenvalue weighted by Gasteiger charge is 2.10. The number of allylic oxidation sites excluding steroid dienone is 1. The summed E-state index contributed by atoms with van der Waals surface area (Å²) in [6.07, 6.45) is 2.76. The smallest absolute Gasteiger partial charge is 0.189 e. The van der Waals surface area contributed by atoms with Crippen LogP contribution >= 0.6 is 0 Å². The molecule has 0 saturated heterocycles. The van der Waals surface area contributed by atoms with E-state index in [0.717, 1.165) is 18.2 Å². The van der Waals surface area contributed by atoms with Gasteiger partial charge < -0.3 is 14.6 Å². The zero-order chi connectivity index (χ0) is 16.1. The third kappa shape index (κ3) is 3.44. The fraction of sp³-hybridized carbons (Fsp3) is 0.118. The Bertz CT molecular complexity index is 723. The molecule has 0 aliphatic carbocycles. The summed E-state index contributed by atoms with van der Waals surface area (Å²) in [5.41, 5.74) is 0.532. The molecule has 1 N–H and O–H groups in total. The van der Waals surface area contributed by atoms with E-state index < -0.39 is 11.6 Å². The lowest BCUT2D eigenvalue weighted by Crippen LogP contribution is -1.96. The molecule has 0 aliphatic rings. The first-order valence-corrected chi connectivity index (χ1v) is 6.48. The van der Waals surface area contributed by atoms with Gasteiger partial charge in [0.2, 0.25) is 0 Å². The van der Waals surface area contributed by atoms with E-state index in [-0.39, 0.29) is 11.3 Å². The van der Waals surface area contributed by atoms with Gasteiger partial charge >= 0.3 is 0 Å². The fourth-order valence-electron chi connectivity index (χ4n) is 1.93. The SMILES string of the molecule is COc1ccc(OC)c(C=CC(=O)c2cc(F)ccc2O)c1. The number of aromatic hydroxyl groups is 1. The van der Waals surface area contributed by atoms with E-state index in [9.17, 15) is 14.3 Å². The zero-order valence-electron chi connectivity index (χ0n) is 12.2. The van der Waals surface area contributed by atoms with Crippen molar-refractivity contribution < 1.29 is 23.8 Å². The van der Waals surface area contributed by atoms with Crippen LogP contribution in [0.15, 0.2) is 42.5 Å².